The van der Waals surface area contributed by atoms with Gasteiger partial charge in [-0.25, -0.2) is 4.79 Å². The molecule has 1 unspecified atom stereocenters. The van der Waals surface area contributed by atoms with Crippen LogP contribution in [0.4, 0.5) is 0 Å². The van der Waals surface area contributed by atoms with Gasteiger partial charge in [-0.15, -0.1) is 0 Å². The number of pyridine rings is 1. The van der Waals surface area contributed by atoms with E-state index in [4.69, 9.17) is 9.47 Å². The van der Waals surface area contributed by atoms with E-state index in [9.17, 15) is 9.90 Å². The maximum atomic E-state index is 11.3. The molecule has 1 N–H and O–H groups in total. The Bertz CT molecular complexity index is 598. The predicted octanol–water partition coefficient (Wildman–Crippen LogP) is 2.93. The molecule has 0 spiro atoms. The maximum Gasteiger partial charge on any atom is 0.339 e. The molecule has 1 aromatic carbocycles. The monoisotopic (exact) mass is 273 g/mol. The molecule has 2 aromatic rings. The molecule has 0 amide bonds. The lowest BCUT2D eigenvalue weighted by Crippen LogP contribution is -2.08. The lowest BCUT2D eigenvalue weighted by Gasteiger charge is -2.18. The van der Waals surface area contributed by atoms with Crippen molar-refractivity contribution in [3.05, 3.63) is 53.9 Å². The molecule has 5 nitrogen and oxygen atoms in total. The molecule has 0 aliphatic heterocycles. The first-order chi connectivity index (χ1) is 9.63. The van der Waals surface area contributed by atoms with Crippen molar-refractivity contribution in [3.8, 4) is 11.5 Å². The van der Waals surface area contributed by atoms with Crippen molar-refractivity contribution < 1.29 is 19.4 Å². The minimum absolute atomic E-state index is 0.0743. The van der Waals surface area contributed by atoms with Crippen molar-refractivity contribution in [3.63, 3.8) is 0 Å². The molecule has 0 saturated carbocycles. The molecular formula is C15H15NO4. The van der Waals surface area contributed by atoms with E-state index in [-0.39, 0.29) is 17.4 Å². The third kappa shape index (κ3) is 2.88. The smallest absolute Gasteiger partial charge is 0.339 e. The van der Waals surface area contributed by atoms with Crippen molar-refractivity contribution in [2.45, 2.75) is 13.0 Å². The third-order valence-corrected chi connectivity index (χ3v) is 2.90. The summed E-state index contributed by atoms with van der Waals surface area (Å²) in [7, 11) is 1.48. The summed E-state index contributed by atoms with van der Waals surface area (Å²) in [4.78, 5) is 15.2. The number of methoxy groups -OCH3 is 1. The first kappa shape index (κ1) is 13.9. The highest BCUT2D eigenvalue weighted by Gasteiger charge is 2.19. The number of rotatable bonds is 5. The number of benzene rings is 1. The van der Waals surface area contributed by atoms with E-state index in [2.05, 4.69) is 4.98 Å². The molecule has 0 aliphatic rings. The summed E-state index contributed by atoms with van der Waals surface area (Å²) in [5.74, 6) is -0.432. The Morgan fingerprint density at radius 2 is 1.95 bits per heavy atom. The van der Waals surface area contributed by atoms with Crippen molar-refractivity contribution in [1.29, 1.82) is 0 Å². The van der Waals surface area contributed by atoms with Gasteiger partial charge in [-0.05, 0) is 36.8 Å². The molecular weight excluding hydrogens is 258 g/mol. The zero-order valence-corrected chi connectivity index (χ0v) is 11.2. The molecule has 5 heteroatoms. The molecule has 1 heterocycles. The second kappa shape index (κ2) is 6.06. The summed E-state index contributed by atoms with van der Waals surface area (Å²) in [6.45, 7) is 1.84. The van der Waals surface area contributed by atoms with Crippen LogP contribution in [0.15, 0.2) is 42.7 Å². The van der Waals surface area contributed by atoms with Gasteiger partial charge in [0, 0.05) is 12.4 Å². The SMILES string of the molecule is COc1cccc(C(=O)O)c1OC(C)c1ccncc1. The Hall–Kier alpha value is -2.56. The Kier molecular flexibility index (Phi) is 4.20. The van der Waals surface area contributed by atoms with Crippen LogP contribution in [0.5, 0.6) is 11.5 Å². The highest BCUT2D eigenvalue weighted by Crippen LogP contribution is 2.34. The fourth-order valence-corrected chi connectivity index (χ4v) is 1.85. The second-order valence-corrected chi connectivity index (χ2v) is 4.18. The van der Waals surface area contributed by atoms with E-state index in [0.29, 0.717) is 5.75 Å². The van der Waals surface area contributed by atoms with Crippen LogP contribution < -0.4 is 9.47 Å². The normalized spacial score (nSPS) is 11.7. The van der Waals surface area contributed by atoms with Crippen molar-refractivity contribution in [2.24, 2.45) is 0 Å². The van der Waals surface area contributed by atoms with Crippen molar-refractivity contribution in [2.75, 3.05) is 7.11 Å². The quantitative estimate of drug-likeness (QED) is 0.907. The number of aromatic carboxylic acids is 1. The molecule has 2 rings (SSSR count). The van der Waals surface area contributed by atoms with Gasteiger partial charge in [0.1, 0.15) is 11.7 Å². The highest BCUT2D eigenvalue weighted by molar-refractivity contribution is 5.92. The van der Waals surface area contributed by atoms with Gasteiger partial charge in [0.2, 0.25) is 0 Å². The Labute approximate surface area is 116 Å². The van der Waals surface area contributed by atoms with Gasteiger partial charge in [0.15, 0.2) is 11.5 Å². The van der Waals surface area contributed by atoms with E-state index in [0.717, 1.165) is 5.56 Å². The van der Waals surface area contributed by atoms with Gasteiger partial charge in [0.05, 0.1) is 7.11 Å². The largest absolute Gasteiger partial charge is 0.493 e. The summed E-state index contributed by atoms with van der Waals surface area (Å²) >= 11 is 0. The van der Waals surface area contributed by atoms with Gasteiger partial charge < -0.3 is 14.6 Å². The van der Waals surface area contributed by atoms with Gasteiger partial charge >= 0.3 is 5.97 Å². The van der Waals surface area contributed by atoms with Crippen LogP contribution in [0.1, 0.15) is 28.9 Å². The molecule has 104 valence electrons. The minimum Gasteiger partial charge on any atom is -0.493 e. The van der Waals surface area contributed by atoms with Gasteiger partial charge in [-0.1, -0.05) is 6.07 Å². The lowest BCUT2D eigenvalue weighted by molar-refractivity contribution is 0.0688. The van der Waals surface area contributed by atoms with Gasteiger partial charge in [-0.2, -0.15) is 0 Å². The van der Waals surface area contributed by atoms with Crippen LogP contribution in [0, 0.1) is 0 Å². The average Bonchev–Trinajstić information content (AvgIpc) is 2.48. The number of ether oxygens (including phenoxy) is 2. The molecule has 0 radical (unpaired) electrons. The summed E-state index contributed by atoms with van der Waals surface area (Å²) in [5, 5.41) is 9.22. The second-order valence-electron chi connectivity index (χ2n) is 4.18. The van der Waals surface area contributed by atoms with E-state index in [1.165, 1.54) is 13.2 Å². The Morgan fingerprint density at radius 1 is 1.25 bits per heavy atom. The zero-order valence-electron chi connectivity index (χ0n) is 11.2. The number of para-hydroxylation sites is 1. The van der Waals surface area contributed by atoms with Gasteiger partial charge in [0.25, 0.3) is 0 Å². The van der Waals surface area contributed by atoms with Crippen LogP contribution in [0.3, 0.4) is 0 Å². The Morgan fingerprint density at radius 3 is 2.55 bits per heavy atom. The van der Waals surface area contributed by atoms with E-state index in [1.54, 1.807) is 24.5 Å². The van der Waals surface area contributed by atoms with Crippen LogP contribution in [-0.4, -0.2) is 23.2 Å². The number of hydrogen-bond donors (Lipinski definition) is 1. The molecule has 20 heavy (non-hydrogen) atoms. The van der Waals surface area contributed by atoms with E-state index >= 15 is 0 Å². The number of aromatic nitrogens is 1. The highest BCUT2D eigenvalue weighted by atomic mass is 16.5. The molecule has 0 fully saturated rings. The summed E-state index contributed by atoms with van der Waals surface area (Å²) in [5.41, 5.74) is 0.979. The first-order valence-electron chi connectivity index (χ1n) is 6.10. The molecule has 0 bridgehead atoms. The number of carboxylic acids is 1. The molecule has 1 aromatic heterocycles. The topological polar surface area (TPSA) is 68.7 Å². The lowest BCUT2D eigenvalue weighted by atomic mass is 10.1. The van der Waals surface area contributed by atoms with Crippen LogP contribution in [-0.2, 0) is 0 Å². The zero-order chi connectivity index (χ0) is 14.5. The average molecular weight is 273 g/mol. The fourth-order valence-electron chi connectivity index (χ4n) is 1.85. The number of hydrogen-bond acceptors (Lipinski definition) is 4. The first-order valence-corrected chi connectivity index (χ1v) is 6.10. The summed E-state index contributed by atoms with van der Waals surface area (Å²) < 4.78 is 11.0. The molecule has 1 atom stereocenters. The minimum atomic E-state index is -1.05. The molecule has 0 aliphatic carbocycles. The summed E-state index contributed by atoms with van der Waals surface area (Å²) in [6.07, 6.45) is 3.01. The third-order valence-electron chi connectivity index (χ3n) is 2.90. The van der Waals surface area contributed by atoms with E-state index < -0.39 is 5.97 Å². The number of carbonyl (C=O) groups is 1. The maximum absolute atomic E-state index is 11.3. The number of nitrogens with zero attached hydrogens (tertiary/aromatic N) is 1. The fraction of sp³-hybridized carbons (Fsp3) is 0.200. The standard InChI is InChI=1S/C15H15NO4/c1-10(11-6-8-16-9-7-11)20-14-12(15(17)18)4-3-5-13(14)19-2/h3-10H,1-2H3,(H,17,18). The predicted molar refractivity (Wildman–Crippen MR) is 73.2 cm³/mol. The molecule has 0 saturated heterocycles. The van der Waals surface area contributed by atoms with Crippen LogP contribution in [0.25, 0.3) is 0 Å². The van der Waals surface area contributed by atoms with Gasteiger partial charge in [-0.3, -0.25) is 4.98 Å². The van der Waals surface area contributed by atoms with Crippen LogP contribution >= 0.6 is 0 Å². The van der Waals surface area contributed by atoms with Crippen molar-refractivity contribution >= 4 is 5.97 Å². The summed E-state index contributed by atoms with van der Waals surface area (Å²) in [6, 6.07) is 8.41. The Balaban J connectivity index is 2.35. The number of carboxylic acid groups (broad SMARTS) is 1. The van der Waals surface area contributed by atoms with Crippen LogP contribution in [0.2, 0.25) is 0 Å². The van der Waals surface area contributed by atoms with Crippen molar-refractivity contribution in [1.82, 2.24) is 4.98 Å². The van der Waals surface area contributed by atoms with E-state index in [1.807, 2.05) is 19.1 Å².